The van der Waals surface area contributed by atoms with Gasteiger partial charge in [-0.15, -0.1) is 0 Å². The van der Waals surface area contributed by atoms with E-state index in [-0.39, 0.29) is 10.6 Å². The predicted octanol–water partition coefficient (Wildman–Crippen LogP) is 4.81. The first kappa shape index (κ1) is 21.1. The lowest BCUT2D eigenvalue weighted by Gasteiger charge is -2.27. The monoisotopic (exact) mass is 375 g/mol. The van der Waals surface area contributed by atoms with Gasteiger partial charge in [0.25, 0.3) is 0 Å². The Morgan fingerprint density at radius 3 is 2.44 bits per heavy atom. The molecule has 0 bridgehead atoms. The Bertz CT molecular complexity index is 648. The van der Waals surface area contributed by atoms with Crippen molar-refractivity contribution in [3.05, 3.63) is 28.1 Å². The Kier molecular flexibility index (Phi) is 8.00. The minimum atomic E-state index is -0.356. The van der Waals surface area contributed by atoms with Crippen LogP contribution in [0.25, 0.3) is 0 Å². The Morgan fingerprint density at radius 1 is 1.19 bits per heavy atom. The lowest BCUT2D eigenvalue weighted by Crippen LogP contribution is -2.33. The molecule has 0 spiro atoms. The van der Waals surface area contributed by atoms with Crippen molar-refractivity contribution in [2.75, 3.05) is 29.9 Å². The van der Waals surface area contributed by atoms with E-state index in [9.17, 15) is 10.1 Å². The summed E-state index contributed by atoms with van der Waals surface area (Å²) in [5, 5.41) is 15.0. The Balaban J connectivity index is 2.20. The van der Waals surface area contributed by atoms with Crippen LogP contribution in [-0.2, 0) is 0 Å². The van der Waals surface area contributed by atoms with E-state index in [0.29, 0.717) is 30.0 Å². The Hall–Kier alpha value is -2.18. The first-order valence-corrected chi connectivity index (χ1v) is 10.0. The van der Waals surface area contributed by atoms with Gasteiger partial charge < -0.3 is 10.2 Å². The number of allylic oxidation sites excluding steroid dienone is 1. The minimum absolute atomic E-state index is 0.0172. The van der Waals surface area contributed by atoms with Crippen molar-refractivity contribution in [2.45, 2.75) is 59.8 Å². The van der Waals surface area contributed by atoms with Crippen molar-refractivity contribution >= 4 is 17.3 Å². The van der Waals surface area contributed by atoms with Gasteiger partial charge >= 0.3 is 5.69 Å². The first-order chi connectivity index (χ1) is 12.9. The van der Waals surface area contributed by atoms with E-state index in [1.54, 1.807) is 0 Å². The molecule has 0 fully saturated rings. The molecule has 0 unspecified atom stereocenters. The average molecular weight is 376 g/mol. The maximum absolute atomic E-state index is 11.8. The van der Waals surface area contributed by atoms with Crippen molar-refractivity contribution in [1.29, 1.82) is 0 Å². The van der Waals surface area contributed by atoms with Crippen LogP contribution in [0.2, 0.25) is 0 Å². The molecule has 0 radical (unpaired) electrons. The van der Waals surface area contributed by atoms with E-state index in [4.69, 9.17) is 0 Å². The lowest BCUT2D eigenvalue weighted by molar-refractivity contribution is -0.383. The summed E-state index contributed by atoms with van der Waals surface area (Å²) in [4.78, 5) is 22.0. The van der Waals surface area contributed by atoms with Crippen LogP contribution < -0.4 is 10.2 Å². The normalized spacial score (nSPS) is 14.4. The quantitative estimate of drug-likeness (QED) is 0.359. The highest BCUT2D eigenvalue weighted by Gasteiger charge is 2.27. The molecule has 1 aromatic rings. The third-order valence-corrected chi connectivity index (χ3v) is 4.58. The van der Waals surface area contributed by atoms with E-state index in [1.165, 1.54) is 24.7 Å². The molecular weight excluding hydrogens is 342 g/mol. The molecule has 7 heteroatoms. The standard InChI is InChI=1S/C20H33N5O2/c1-15(2)12-24(13-16(3)4)20-18(25(26)27)19(22-14-23-20)21-11-10-17-8-6-5-7-9-17/h8,14-16H,5-7,9-13H2,1-4H3,(H,21,22,23). The summed E-state index contributed by atoms with van der Waals surface area (Å²) < 4.78 is 0. The second-order valence-corrected chi connectivity index (χ2v) is 8.13. The SMILES string of the molecule is CC(C)CN(CC(C)C)c1ncnc(NCCC2=CCCCC2)c1[N+](=O)[O-]. The second-order valence-electron chi connectivity index (χ2n) is 8.13. The lowest BCUT2D eigenvalue weighted by atomic mass is 9.97. The van der Waals surface area contributed by atoms with Gasteiger partial charge in [0.2, 0.25) is 11.6 Å². The molecule has 1 aliphatic rings. The summed E-state index contributed by atoms with van der Waals surface area (Å²) in [5.74, 6) is 1.50. The van der Waals surface area contributed by atoms with Gasteiger partial charge in [0, 0.05) is 19.6 Å². The van der Waals surface area contributed by atoms with Crippen molar-refractivity contribution in [3.8, 4) is 0 Å². The fraction of sp³-hybridized carbons (Fsp3) is 0.700. The number of anilines is 2. The van der Waals surface area contributed by atoms with Crippen LogP contribution in [-0.4, -0.2) is 34.5 Å². The minimum Gasteiger partial charge on any atom is -0.364 e. The highest BCUT2D eigenvalue weighted by Crippen LogP contribution is 2.33. The number of hydrogen-bond donors (Lipinski definition) is 1. The molecule has 150 valence electrons. The Morgan fingerprint density at radius 2 is 1.89 bits per heavy atom. The summed E-state index contributed by atoms with van der Waals surface area (Å²) in [6.07, 6.45) is 9.42. The van der Waals surface area contributed by atoms with Gasteiger partial charge in [-0.2, -0.15) is 0 Å². The van der Waals surface area contributed by atoms with Crippen LogP contribution in [0.15, 0.2) is 18.0 Å². The van der Waals surface area contributed by atoms with Gasteiger partial charge in [0.15, 0.2) is 0 Å². The van der Waals surface area contributed by atoms with Gasteiger partial charge in [0.05, 0.1) is 4.92 Å². The van der Waals surface area contributed by atoms with Gasteiger partial charge in [-0.1, -0.05) is 39.3 Å². The zero-order valence-corrected chi connectivity index (χ0v) is 17.1. The smallest absolute Gasteiger partial charge is 0.353 e. The zero-order chi connectivity index (χ0) is 19.8. The van der Waals surface area contributed by atoms with E-state index in [2.05, 4.69) is 49.1 Å². The predicted molar refractivity (Wildman–Crippen MR) is 110 cm³/mol. The molecule has 1 N–H and O–H groups in total. The van der Waals surface area contributed by atoms with Gasteiger partial charge in [0.1, 0.15) is 6.33 Å². The largest absolute Gasteiger partial charge is 0.364 e. The summed E-state index contributed by atoms with van der Waals surface area (Å²) >= 11 is 0. The molecule has 27 heavy (non-hydrogen) atoms. The summed E-state index contributed by atoms with van der Waals surface area (Å²) in [5.41, 5.74) is 1.42. The van der Waals surface area contributed by atoms with Crippen molar-refractivity contribution in [1.82, 2.24) is 9.97 Å². The molecular formula is C20H33N5O2. The molecule has 1 heterocycles. The summed E-state index contributed by atoms with van der Waals surface area (Å²) in [6.45, 7) is 10.5. The van der Waals surface area contributed by atoms with Crippen LogP contribution in [0.4, 0.5) is 17.3 Å². The molecule has 1 aliphatic carbocycles. The second kappa shape index (κ2) is 10.2. The van der Waals surface area contributed by atoms with Gasteiger partial charge in [-0.3, -0.25) is 10.1 Å². The third-order valence-electron chi connectivity index (χ3n) is 4.58. The number of aromatic nitrogens is 2. The molecule has 0 aromatic carbocycles. The average Bonchev–Trinajstić information content (AvgIpc) is 2.61. The topological polar surface area (TPSA) is 84.2 Å². The van der Waals surface area contributed by atoms with E-state index in [1.807, 2.05) is 4.90 Å². The highest BCUT2D eigenvalue weighted by atomic mass is 16.6. The van der Waals surface area contributed by atoms with E-state index >= 15 is 0 Å². The first-order valence-electron chi connectivity index (χ1n) is 10.0. The molecule has 2 rings (SSSR count). The van der Waals surface area contributed by atoms with E-state index in [0.717, 1.165) is 32.4 Å². The molecule has 0 saturated carbocycles. The summed E-state index contributed by atoms with van der Waals surface area (Å²) in [7, 11) is 0. The van der Waals surface area contributed by atoms with E-state index < -0.39 is 0 Å². The van der Waals surface area contributed by atoms with Gasteiger partial charge in [-0.05, 0) is 43.9 Å². The zero-order valence-electron chi connectivity index (χ0n) is 17.1. The van der Waals surface area contributed by atoms with Crippen LogP contribution >= 0.6 is 0 Å². The van der Waals surface area contributed by atoms with Crippen molar-refractivity contribution < 1.29 is 4.92 Å². The number of nitrogens with zero attached hydrogens (tertiary/aromatic N) is 4. The number of nitrogens with one attached hydrogen (secondary N) is 1. The van der Waals surface area contributed by atoms with Crippen LogP contribution in [0.3, 0.4) is 0 Å². The molecule has 0 amide bonds. The Labute approximate surface area is 162 Å². The van der Waals surface area contributed by atoms with Crippen LogP contribution in [0.1, 0.15) is 59.8 Å². The van der Waals surface area contributed by atoms with Crippen molar-refractivity contribution in [2.24, 2.45) is 11.8 Å². The van der Waals surface area contributed by atoms with Crippen LogP contribution in [0, 0.1) is 22.0 Å². The highest BCUT2D eigenvalue weighted by molar-refractivity contribution is 5.70. The molecule has 0 saturated heterocycles. The molecule has 0 atom stereocenters. The third kappa shape index (κ3) is 6.48. The van der Waals surface area contributed by atoms with Crippen molar-refractivity contribution in [3.63, 3.8) is 0 Å². The molecule has 0 aliphatic heterocycles. The maximum atomic E-state index is 11.8. The molecule has 1 aromatic heterocycles. The fourth-order valence-corrected chi connectivity index (χ4v) is 3.50. The van der Waals surface area contributed by atoms with Gasteiger partial charge in [-0.25, -0.2) is 9.97 Å². The van der Waals surface area contributed by atoms with Crippen LogP contribution in [0.5, 0.6) is 0 Å². The number of rotatable bonds is 10. The molecule has 7 nitrogen and oxygen atoms in total. The summed E-state index contributed by atoms with van der Waals surface area (Å²) in [6, 6.07) is 0. The number of nitro groups is 1. The maximum Gasteiger partial charge on any atom is 0.353 e. The number of hydrogen-bond acceptors (Lipinski definition) is 6. The fourth-order valence-electron chi connectivity index (χ4n) is 3.50.